The lowest BCUT2D eigenvalue weighted by Gasteiger charge is -2.22. The van der Waals surface area contributed by atoms with Gasteiger partial charge in [-0.05, 0) is 48.4 Å². The van der Waals surface area contributed by atoms with E-state index in [1.807, 2.05) is 31.3 Å². The molecule has 1 aliphatic carbocycles. The number of aromatic nitrogens is 3. The van der Waals surface area contributed by atoms with Crippen LogP contribution >= 0.6 is 11.6 Å². The van der Waals surface area contributed by atoms with Crippen molar-refractivity contribution in [1.82, 2.24) is 20.1 Å². The monoisotopic (exact) mass is 420 g/mol. The predicted molar refractivity (Wildman–Crippen MR) is 118 cm³/mol. The summed E-state index contributed by atoms with van der Waals surface area (Å²) in [4.78, 5) is 16.8. The van der Waals surface area contributed by atoms with Gasteiger partial charge in [-0.25, -0.2) is 4.98 Å². The summed E-state index contributed by atoms with van der Waals surface area (Å²) in [6, 6.07) is 7.99. The maximum Gasteiger partial charge on any atom is 0.251 e. The number of pyridine rings is 1. The van der Waals surface area contributed by atoms with E-state index in [4.69, 9.17) is 16.6 Å². The molecule has 0 radical (unpaired) electrons. The van der Waals surface area contributed by atoms with Gasteiger partial charge in [-0.3, -0.25) is 9.48 Å². The molecule has 30 heavy (non-hydrogen) atoms. The first-order chi connectivity index (χ1) is 14.4. The lowest BCUT2D eigenvalue weighted by atomic mass is 9.89. The van der Waals surface area contributed by atoms with Gasteiger partial charge in [0.05, 0.1) is 11.9 Å². The second-order valence-corrected chi connectivity index (χ2v) is 9.35. The Bertz CT molecular complexity index is 1140. The number of halogens is 1. The number of nitrogens with zero attached hydrogens (tertiary/aromatic N) is 3. The molecule has 0 spiro atoms. The zero-order valence-corrected chi connectivity index (χ0v) is 18.1. The van der Waals surface area contributed by atoms with E-state index < -0.39 is 0 Å². The van der Waals surface area contributed by atoms with Crippen LogP contribution < -0.4 is 5.32 Å². The van der Waals surface area contributed by atoms with Gasteiger partial charge in [0.15, 0.2) is 0 Å². The van der Waals surface area contributed by atoms with E-state index in [9.17, 15) is 4.79 Å². The molecule has 5 rings (SSSR count). The van der Waals surface area contributed by atoms with Gasteiger partial charge in [-0.15, -0.1) is 0 Å². The van der Waals surface area contributed by atoms with Crippen LogP contribution in [0.4, 0.5) is 0 Å². The highest BCUT2D eigenvalue weighted by Gasteiger charge is 2.29. The van der Waals surface area contributed by atoms with Crippen LogP contribution in [-0.4, -0.2) is 20.7 Å². The molecule has 2 aliphatic rings. The maximum absolute atomic E-state index is 12.2. The molecule has 1 fully saturated rings. The molecule has 5 nitrogen and oxygen atoms in total. The van der Waals surface area contributed by atoms with Gasteiger partial charge in [0.1, 0.15) is 5.15 Å². The Morgan fingerprint density at radius 3 is 2.77 bits per heavy atom. The fourth-order valence-corrected chi connectivity index (χ4v) is 4.90. The van der Waals surface area contributed by atoms with Crippen LogP contribution in [-0.2, 0) is 13.1 Å². The van der Waals surface area contributed by atoms with Crippen molar-refractivity contribution < 1.29 is 4.79 Å². The summed E-state index contributed by atoms with van der Waals surface area (Å²) in [6.45, 7) is 5.83. The summed E-state index contributed by atoms with van der Waals surface area (Å²) in [5.74, 6) is -0.0377. The van der Waals surface area contributed by atoms with Gasteiger partial charge < -0.3 is 5.32 Å². The number of hydrogen-bond acceptors (Lipinski definition) is 3. The van der Waals surface area contributed by atoms with Crippen molar-refractivity contribution in [3.05, 3.63) is 58.5 Å². The fraction of sp³-hybridized carbons (Fsp3) is 0.375. The van der Waals surface area contributed by atoms with Crippen LogP contribution in [0.3, 0.4) is 0 Å². The fourth-order valence-electron chi connectivity index (χ4n) is 4.76. The van der Waals surface area contributed by atoms with Crippen molar-refractivity contribution in [1.29, 1.82) is 0 Å². The molecule has 1 saturated carbocycles. The molecule has 1 amide bonds. The van der Waals surface area contributed by atoms with Crippen molar-refractivity contribution in [2.45, 2.75) is 52.6 Å². The molecular weight excluding hydrogens is 396 g/mol. The van der Waals surface area contributed by atoms with Crippen LogP contribution in [0.25, 0.3) is 22.4 Å². The summed E-state index contributed by atoms with van der Waals surface area (Å²) >= 11 is 6.39. The molecule has 6 heteroatoms. The Hall–Kier alpha value is -2.66. The molecule has 0 unspecified atom stereocenters. The number of hydrogen-bond donors (Lipinski definition) is 1. The number of fused-ring (bicyclic) bond motifs is 1. The van der Waals surface area contributed by atoms with E-state index in [0.717, 1.165) is 40.1 Å². The molecule has 1 N–H and O–H groups in total. The van der Waals surface area contributed by atoms with E-state index in [2.05, 4.69) is 34.3 Å². The van der Waals surface area contributed by atoms with Crippen molar-refractivity contribution in [3.63, 3.8) is 0 Å². The summed E-state index contributed by atoms with van der Waals surface area (Å²) in [6.07, 6.45) is 9.14. The topological polar surface area (TPSA) is 59.8 Å². The van der Waals surface area contributed by atoms with Gasteiger partial charge in [-0.2, -0.15) is 5.10 Å². The molecular formula is C24H25ClN4O. The largest absolute Gasteiger partial charge is 0.348 e. The Morgan fingerprint density at radius 2 is 1.97 bits per heavy atom. The molecule has 0 bridgehead atoms. The van der Waals surface area contributed by atoms with Crippen molar-refractivity contribution >= 4 is 17.5 Å². The number of carbonyl (C=O) groups excluding carboxylic acids is 1. The highest BCUT2D eigenvalue weighted by atomic mass is 35.5. The minimum absolute atomic E-state index is 0.0377. The molecule has 1 aliphatic heterocycles. The van der Waals surface area contributed by atoms with Crippen molar-refractivity contribution in [2.75, 3.05) is 0 Å². The Balaban J connectivity index is 1.56. The first-order valence-electron chi connectivity index (χ1n) is 10.5. The number of carbonyl (C=O) groups is 1. The van der Waals surface area contributed by atoms with Gasteiger partial charge >= 0.3 is 0 Å². The third kappa shape index (κ3) is 3.41. The SMILES string of the molecule is Cc1cc(-c2cnn(CC3(C)CCCC3)c2)c(-c2ccc3c(c2)C(=O)NC3)nc1Cl. The Labute approximate surface area is 181 Å². The first kappa shape index (κ1) is 19.3. The van der Waals surface area contributed by atoms with Crippen molar-refractivity contribution in [2.24, 2.45) is 5.41 Å². The van der Waals surface area contributed by atoms with Crippen molar-refractivity contribution in [3.8, 4) is 22.4 Å². The van der Waals surface area contributed by atoms with Crippen LogP contribution in [0.2, 0.25) is 5.15 Å². The quantitative estimate of drug-likeness (QED) is 0.575. The van der Waals surface area contributed by atoms with Crippen LogP contribution in [0.5, 0.6) is 0 Å². The first-order valence-corrected chi connectivity index (χ1v) is 10.9. The number of amides is 1. The summed E-state index contributed by atoms with van der Waals surface area (Å²) in [5.41, 5.74) is 6.64. The lowest BCUT2D eigenvalue weighted by Crippen LogP contribution is -2.19. The van der Waals surface area contributed by atoms with Crippen LogP contribution in [0.15, 0.2) is 36.7 Å². The van der Waals surface area contributed by atoms with E-state index in [1.165, 1.54) is 25.7 Å². The average molecular weight is 421 g/mol. The third-order valence-corrected chi connectivity index (χ3v) is 6.90. The summed E-state index contributed by atoms with van der Waals surface area (Å²) in [7, 11) is 0. The summed E-state index contributed by atoms with van der Waals surface area (Å²) in [5, 5.41) is 8.00. The maximum atomic E-state index is 12.2. The van der Waals surface area contributed by atoms with E-state index in [1.54, 1.807) is 0 Å². The lowest BCUT2D eigenvalue weighted by molar-refractivity contribution is 0.0966. The minimum atomic E-state index is -0.0377. The standard InChI is InChI=1S/C24H25ClN4O/c1-15-9-19(18-12-27-29(13-18)14-24(2)7-3-4-8-24)21(28-22(15)25)16-5-6-17-11-26-23(30)20(17)10-16/h5-6,9-10,12-13H,3-4,7-8,11,14H2,1-2H3,(H,26,30). The van der Waals surface area contributed by atoms with Gasteiger partial charge in [0.2, 0.25) is 0 Å². The molecule has 154 valence electrons. The molecule has 0 atom stereocenters. The molecule has 3 aromatic rings. The highest BCUT2D eigenvalue weighted by molar-refractivity contribution is 6.30. The van der Waals surface area contributed by atoms with E-state index in [-0.39, 0.29) is 5.91 Å². The second-order valence-electron chi connectivity index (χ2n) is 8.99. The molecule has 3 heterocycles. The molecule has 2 aromatic heterocycles. The van der Waals surface area contributed by atoms with Gasteiger partial charge in [0.25, 0.3) is 5.91 Å². The Kier molecular flexibility index (Phi) is 4.66. The average Bonchev–Trinajstić information content (AvgIpc) is 3.45. The van der Waals surface area contributed by atoms with Crippen LogP contribution in [0, 0.1) is 12.3 Å². The zero-order valence-electron chi connectivity index (χ0n) is 17.3. The molecule has 0 saturated heterocycles. The Morgan fingerprint density at radius 1 is 1.17 bits per heavy atom. The van der Waals surface area contributed by atoms with Gasteiger partial charge in [-0.1, -0.05) is 43.5 Å². The smallest absolute Gasteiger partial charge is 0.251 e. The zero-order chi connectivity index (χ0) is 20.9. The number of nitrogens with one attached hydrogen (secondary N) is 1. The third-order valence-electron chi connectivity index (χ3n) is 6.52. The summed E-state index contributed by atoms with van der Waals surface area (Å²) < 4.78 is 2.06. The van der Waals surface area contributed by atoms with Gasteiger partial charge in [0, 0.05) is 41.5 Å². The minimum Gasteiger partial charge on any atom is -0.348 e. The van der Waals surface area contributed by atoms with Crippen LogP contribution in [0.1, 0.15) is 54.1 Å². The predicted octanol–water partition coefficient (Wildman–Crippen LogP) is 5.40. The van der Waals surface area contributed by atoms with E-state index in [0.29, 0.717) is 22.7 Å². The highest BCUT2D eigenvalue weighted by Crippen LogP contribution is 2.39. The second kappa shape index (κ2) is 7.24. The normalized spacial score (nSPS) is 17.2. The number of benzene rings is 1. The number of aryl methyl sites for hydroxylation is 1. The number of rotatable bonds is 4. The molecule has 1 aromatic carbocycles. The van der Waals surface area contributed by atoms with E-state index >= 15 is 0 Å².